The first-order chi connectivity index (χ1) is 13.0. The van der Waals surface area contributed by atoms with Crippen LogP contribution in [0.5, 0.6) is 11.5 Å². The highest BCUT2D eigenvalue weighted by Gasteiger charge is 2.18. The lowest BCUT2D eigenvalue weighted by Gasteiger charge is -2.10. The third-order valence-corrected chi connectivity index (χ3v) is 7.27. The van der Waals surface area contributed by atoms with Crippen LogP contribution >= 0.6 is 46.7 Å². The Morgan fingerprint density at radius 3 is 2.48 bits per heavy atom. The van der Waals surface area contributed by atoms with Crippen molar-refractivity contribution in [2.75, 3.05) is 18.1 Å². The highest BCUT2D eigenvalue weighted by molar-refractivity contribution is 8.19. The number of phenolic OH excluding ortho intramolecular Hbond substituents is 1. The van der Waals surface area contributed by atoms with Crippen molar-refractivity contribution >= 4 is 58.8 Å². The molecule has 2 aromatic carbocycles. The van der Waals surface area contributed by atoms with Crippen LogP contribution < -0.4 is 10.2 Å². The monoisotopic (exact) mass is 442 g/mol. The number of carbonyl (C=O) groups is 1. The zero-order valence-electron chi connectivity index (χ0n) is 14.0. The van der Waals surface area contributed by atoms with E-state index >= 15 is 0 Å². The molecule has 1 amide bonds. The van der Waals surface area contributed by atoms with Crippen molar-refractivity contribution in [3.63, 3.8) is 0 Å². The lowest BCUT2D eigenvalue weighted by atomic mass is 10.2. The highest BCUT2D eigenvalue weighted by Crippen LogP contribution is 2.45. The van der Waals surface area contributed by atoms with Gasteiger partial charge in [0.25, 0.3) is 5.91 Å². The Labute approximate surface area is 175 Å². The van der Waals surface area contributed by atoms with Crippen LogP contribution in [0.3, 0.4) is 0 Å². The third-order valence-electron chi connectivity index (χ3n) is 3.59. The van der Waals surface area contributed by atoms with Crippen molar-refractivity contribution in [1.82, 2.24) is 5.43 Å². The van der Waals surface area contributed by atoms with Gasteiger partial charge in [-0.25, -0.2) is 5.43 Å². The Balaban J connectivity index is 1.46. The van der Waals surface area contributed by atoms with Crippen LogP contribution in [-0.4, -0.2) is 35.3 Å². The number of nitrogens with zero attached hydrogens (tertiary/aromatic N) is 1. The first-order valence-electron chi connectivity index (χ1n) is 7.99. The molecular formula is C18H16Cl2N2O3S2. The second-order valence-corrected chi connectivity index (χ2v) is 9.10. The van der Waals surface area contributed by atoms with E-state index in [0.717, 1.165) is 0 Å². The van der Waals surface area contributed by atoms with Gasteiger partial charge in [-0.3, -0.25) is 4.79 Å². The highest BCUT2D eigenvalue weighted by atomic mass is 35.5. The number of rotatable bonds is 6. The van der Waals surface area contributed by atoms with Gasteiger partial charge in [0, 0.05) is 11.5 Å². The lowest BCUT2D eigenvalue weighted by molar-refractivity contribution is -0.123. The normalized spacial score (nSPS) is 14.6. The van der Waals surface area contributed by atoms with Gasteiger partial charge in [-0.1, -0.05) is 35.3 Å². The number of benzene rings is 2. The average molecular weight is 443 g/mol. The van der Waals surface area contributed by atoms with Crippen molar-refractivity contribution in [2.45, 2.75) is 4.58 Å². The summed E-state index contributed by atoms with van der Waals surface area (Å²) >= 11 is 15.5. The van der Waals surface area contributed by atoms with E-state index in [2.05, 4.69) is 10.5 Å². The van der Waals surface area contributed by atoms with E-state index in [1.807, 2.05) is 47.8 Å². The van der Waals surface area contributed by atoms with Gasteiger partial charge in [0.05, 0.1) is 20.8 Å². The fraction of sp³-hybridized carbons (Fsp3) is 0.222. The maximum absolute atomic E-state index is 11.8. The first kappa shape index (κ1) is 20.2. The molecule has 0 aliphatic carbocycles. The van der Waals surface area contributed by atoms with Crippen LogP contribution in [0, 0.1) is 0 Å². The zero-order chi connectivity index (χ0) is 19.2. The SMILES string of the molecule is O=C(COc1ccc(C2SCCS2)cc1)N/N=C\c1cc(Cl)c(O)c(Cl)c1. The van der Waals surface area contributed by atoms with Crippen molar-refractivity contribution in [3.05, 3.63) is 57.6 Å². The molecule has 0 spiro atoms. The topological polar surface area (TPSA) is 70.9 Å². The molecule has 2 aromatic rings. The van der Waals surface area contributed by atoms with Crippen LogP contribution in [0.4, 0.5) is 0 Å². The number of phenols is 1. The summed E-state index contributed by atoms with van der Waals surface area (Å²) in [7, 11) is 0. The summed E-state index contributed by atoms with van der Waals surface area (Å²) in [6, 6.07) is 10.8. The van der Waals surface area contributed by atoms with Gasteiger partial charge in [-0.15, -0.1) is 23.5 Å². The third kappa shape index (κ3) is 5.72. The molecule has 1 aliphatic heterocycles. The van der Waals surface area contributed by atoms with Crippen LogP contribution in [0.15, 0.2) is 41.5 Å². The molecule has 0 aromatic heterocycles. The Morgan fingerprint density at radius 1 is 1.22 bits per heavy atom. The minimum atomic E-state index is -0.395. The molecule has 0 radical (unpaired) electrons. The van der Waals surface area contributed by atoms with Crippen molar-refractivity contribution in [1.29, 1.82) is 0 Å². The number of thioether (sulfide) groups is 2. The average Bonchev–Trinajstić information content (AvgIpc) is 3.19. The largest absolute Gasteiger partial charge is 0.505 e. The van der Waals surface area contributed by atoms with Gasteiger partial charge in [0.1, 0.15) is 5.75 Å². The number of ether oxygens (including phenoxy) is 1. The van der Waals surface area contributed by atoms with Gasteiger partial charge < -0.3 is 9.84 Å². The van der Waals surface area contributed by atoms with Gasteiger partial charge in [0.15, 0.2) is 12.4 Å². The molecule has 1 saturated heterocycles. The van der Waals surface area contributed by atoms with E-state index in [1.165, 1.54) is 35.4 Å². The van der Waals surface area contributed by atoms with E-state index in [-0.39, 0.29) is 22.4 Å². The molecule has 9 heteroatoms. The minimum Gasteiger partial charge on any atom is -0.505 e. The second-order valence-electron chi connectivity index (χ2n) is 5.56. The van der Waals surface area contributed by atoms with Gasteiger partial charge in [-0.05, 0) is 35.4 Å². The number of carbonyl (C=O) groups excluding carboxylic acids is 1. The minimum absolute atomic E-state index is 0.108. The maximum atomic E-state index is 11.8. The fourth-order valence-corrected chi connectivity index (χ4v) is 5.65. The number of nitrogens with one attached hydrogen (secondary N) is 1. The fourth-order valence-electron chi connectivity index (χ4n) is 2.29. The molecule has 1 heterocycles. The first-order valence-corrected chi connectivity index (χ1v) is 10.8. The molecule has 5 nitrogen and oxygen atoms in total. The predicted molar refractivity (Wildman–Crippen MR) is 113 cm³/mol. The maximum Gasteiger partial charge on any atom is 0.277 e. The Kier molecular flexibility index (Phi) is 7.18. The number of hydrogen-bond donors (Lipinski definition) is 2. The van der Waals surface area contributed by atoms with Crippen LogP contribution in [0.2, 0.25) is 10.0 Å². The lowest BCUT2D eigenvalue weighted by Crippen LogP contribution is -2.24. The Bertz CT molecular complexity index is 818. The van der Waals surface area contributed by atoms with E-state index in [1.54, 1.807) is 0 Å². The summed E-state index contributed by atoms with van der Waals surface area (Å²) in [5.41, 5.74) is 4.16. The van der Waals surface area contributed by atoms with Crippen LogP contribution in [0.1, 0.15) is 15.7 Å². The molecular weight excluding hydrogens is 427 g/mol. The van der Waals surface area contributed by atoms with Crippen molar-refractivity contribution in [3.8, 4) is 11.5 Å². The second kappa shape index (κ2) is 9.59. The summed E-state index contributed by atoms with van der Waals surface area (Å²) < 4.78 is 5.95. The van der Waals surface area contributed by atoms with Gasteiger partial charge in [-0.2, -0.15) is 5.10 Å². The number of hydrazone groups is 1. The Morgan fingerprint density at radius 2 is 1.85 bits per heavy atom. The van der Waals surface area contributed by atoms with Gasteiger partial charge >= 0.3 is 0 Å². The van der Waals surface area contributed by atoms with Crippen molar-refractivity contribution < 1.29 is 14.6 Å². The van der Waals surface area contributed by atoms with E-state index < -0.39 is 5.91 Å². The molecule has 0 bridgehead atoms. The van der Waals surface area contributed by atoms with E-state index in [0.29, 0.717) is 15.9 Å². The molecule has 0 unspecified atom stereocenters. The molecule has 0 atom stereocenters. The summed E-state index contributed by atoms with van der Waals surface area (Å²) in [6.07, 6.45) is 1.38. The summed E-state index contributed by atoms with van der Waals surface area (Å²) in [5, 5.41) is 13.5. The Hall–Kier alpha value is -1.54. The summed E-state index contributed by atoms with van der Waals surface area (Å²) in [6.45, 7) is -0.152. The smallest absolute Gasteiger partial charge is 0.277 e. The van der Waals surface area contributed by atoms with Gasteiger partial charge in [0.2, 0.25) is 0 Å². The van der Waals surface area contributed by atoms with Crippen LogP contribution in [0.25, 0.3) is 0 Å². The molecule has 2 N–H and O–H groups in total. The zero-order valence-corrected chi connectivity index (χ0v) is 17.2. The van der Waals surface area contributed by atoms with Crippen molar-refractivity contribution in [2.24, 2.45) is 5.10 Å². The van der Waals surface area contributed by atoms with Crippen LogP contribution in [-0.2, 0) is 4.79 Å². The number of amides is 1. The molecule has 3 rings (SSSR count). The standard InChI is InChI=1S/C18H16Cl2N2O3S2/c19-14-7-11(8-15(20)17(14)24)9-21-22-16(23)10-25-13-3-1-12(2-4-13)18-26-5-6-27-18/h1-4,7-9,18,24H,5-6,10H2,(H,22,23)/b21-9-. The molecule has 1 fully saturated rings. The quantitative estimate of drug-likeness (QED) is 0.500. The molecule has 1 aliphatic rings. The number of aromatic hydroxyl groups is 1. The molecule has 142 valence electrons. The molecule has 27 heavy (non-hydrogen) atoms. The number of halogens is 2. The predicted octanol–water partition coefficient (Wildman–Crippen LogP) is 4.71. The van der Waals surface area contributed by atoms with E-state index in [9.17, 15) is 9.90 Å². The number of hydrogen-bond acceptors (Lipinski definition) is 6. The molecule has 0 saturated carbocycles. The summed E-state index contributed by atoms with van der Waals surface area (Å²) in [4.78, 5) is 11.8. The van der Waals surface area contributed by atoms with E-state index in [4.69, 9.17) is 27.9 Å². The summed E-state index contributed by atoms with van der Waals surface area (Å²) in [5.74, 6) is 2.40.